The molecule has 1 nitrogen and oxygen atoms in total. The average molecular weight is 186 g/mol. The molecule has 0 unspecified atom stereocenters. The van der Waals surface area contributed by atoms with E-state index < -0.39 is 5.82 Å². The first-order valence-electron chi connectivity index (χ1n) is 3.49. The van der Waals surface area contributed by atoms with Crippen molar-refractivity contribution in [3.05, 3.63) is 35.1 Å². The van der Waals surface area contributed by atoms with E-state index in [9.17, 15) is 4.39 Å². The van der Waals surface area contributed by atoms with E-state index in [1.807, 2.05) is 0 Å². The number of benzene rings is 1. The standard InChI is InChI=1S/C9H9ClFN/c1-3-6-4-5-7(11)8(10)9(6)12-2/h3-5,12H,1H2,2H3. The fourth-order valence-electron chi connectivity index (χ4n) is 0.990. The van der Waals surface area contributed by atoms with E-state index in [1.165, 1.54) is 6.07 Å². The van der Waals surface area contributed by atoms with Gasteiger partial charge in [-0.1, -0.05) is 24.3 Å². The number of rotatable bonds is 2. The minimum absolute atomic E-state index is 0.106. The molecule has 0 spiro atoms. The van der Waals surface area contributed by atoms with E-state index in [-0.39, 0.29) is 5.02 Å². The van der Waals surface area contributed by atoms with E-state index in [4.69, 9.17) is 11.6 Å². The molecule has 12 heavy (non-hydrogen) atoms. The predicted molar refractivity (Wildman–Crippen MR) is 51.0 cm³/mol. The van der Waals surface area contributed by atoms with Crippen LogP contribution < -0.4 is 5.32 Å². The fraction of sp³-hybridized carbons (Fsp3) is 0.111. The van der Waals surface area contributed by atoms with Crippen molar-refractivity contribution < 1.29 is 4.39 Å². The monoisotopic (exact) mass is 185 g/mol. The van der Waals surface area contributed by atoms with Gasteiger partial charge in [-0.15, -0.1) is 0 Å². The first-order valence-corrected chi connectivity index (χ1v) is 3.86. The Balaban J connectivity index is 3.35. The van der Waals surface area contributed by atoms with Gasteiger partial charge in [0.15, 0.2) is 0 Å². The smallest absolute Gasteiger partial charge is 0.143 e. The largest absolute Gasteiger partial charge is 0.386 e. The van der Waals surface area contributed by atoms with Gasteiger partial charge in [-0.2, -0.15) is 0 Å². The third-order valence-electron chi connectivity index (χ3n) is 1.60. The van der Waals surface area contributed by atoms with Crippen LogP contribution in [0.4, 0.5) is 10.1 Å². The van der Waals surface area contributed by atoms with Crippen molar-refractivity contribution in [2.24, 2.45) is 0 Å². The molecular weight excluding hydrogens is 177 g/mol. The molecule has 3 heteroatoms. The van der Waals surface area contributed by atoms with Crippen LogP contribution in [0.2, 0.25) is 5.02 Å². The zero-order chi connectivity index (χ0) is 9.14. The summed E-state index contributed by atoms with van der Waals surface area (Å²) >= 11 is 5.69. The maximum absolute atomic E-state index is 12.9. The van der Waals surface area contributed by atoms with Gasteiger partial charge in [0, 0.05) is 7.05 Å². The van der Waals surface area contributed by atoms with Crippen LogP contribution in [0.25, 0.3) is 6.08 Å². The van der Waals surface area contributed by atoms with Crippen LogP contribution in [0.15, 0.2) is 18.7 Å². The van der Waals surface area contributed by atoms with E-state index in [0.717, 1.165) is 5.56 Å². The summed E-state index contributed by atoms with van der Waals surface area (Å²) in [7, 11) is 1.69. The van der Waals surface area contributed by atoms with Crippen LogP contribution in [0, 0.1) is 5.82 Å². The summed E-state index contributed by atoms with van der Waals surface area (Å²) in [6.07, 6.45) is 1.62. The normalized spacial score (nSPS) is 9.58. The van der Waals surface area contributed by atoms with Crippen molar-refractivity contribution in [2.45, 2.75) is 0 Å². The second-order valence-corrected chi connectivity index (χ2v) is 2.66. The molecular formula is C9H9ClFN. The Kier molecular flexibility index (Phi) is 2.71. The van der Waals surface area contributed by atoms with E-state index in [0.29, 0.717) is 5.69 Å². The molecule has 1 aromatic rings. The van der Waals surface area contributed by atoms with Crippen molar-refractivity contribution in [3.8, 4) is 0 Å². The third-order valence-corrected chi connectivity index (χ3v) is 1.97. The Morgan fingerprint density at radius 1 is 1.58 bits per heavy atom. The Labute approximate surface area is 75.9 Å². The van der Waals surface area contributed by atoms with Crippen molar-refractivity contribution in [3.63, 3.8) is 0 Å². The summed E-state index contributed by atoms with van der Waals surface area (Å²) in [6, 6.07) is 2.94. The van der Waals surface area contributed by atoms with Gasteiger partial charge >= 0.3 is 0 Å². The lowest BCUT2D eigenvalue weighted by molar-refractivity contribution is 0.628. The molecule has 0 saturated carbocycles. The lowest BCUT2D eigenvalue weighted by Gasteiger charge is -2.07. The van der Waals surface area contributed by atoms with Gasteiger partial charge in [-0.25, -0.2) is 4.39 Å². The second kappa shape index (κ2) is 3.59. The first kappa shape index (κ1) is 9.07. The SMILES string of the molecule is C=Cc1ccc(F)c(Cl)c1NC. The van der Waals surface area contributed by atoms with Crippen LogP contribution in [-0.2, 0) is 0 Å². The van der Waals surface area contributed by atoms with Crippen LogP contribution in [0.3, 0.4) is 0 Å². The molecule has 0 fully saturated rings. The van der Waals surface area contributed by atoms with Gasteiger partial charge in [0.2, 0.25) is 0 Å². The molecule has 0 bridgehead atoms. The quantitative estimate of drug-likeness (QED) is 0.747. The van der Waals surface area contributed by atoms with Gasteiger partial charge in [0.25, 0.3) is 0 Å². The average Bonchev–Trinajstić information content (AvgIpc) is 2.09. The highest BCUT2D eigenvalue weighted by Crippen LogP contribution is 2.28. The summed E-state index contributed by atoms with van der Waals surface area (Å²) in [4.78, 5) is 0. The number of hydrogen-bond donors (Lipinski definition) is 1. The van der Waals surface area contributed by atoms with Crippen LogP contribution in [0.5, 0.6) is 0 Å². The molecule has 1 rings (SSSR count). The zero-order valence-electron chi connectivity index (χ0n) is 6.70. The minimum atomic E-state index is -0.424. The molecule has 0 radical (unpaired) electrons. The fourth-order valence-corrected chi connectivity index (χ4v) is 1.26. The van der Waals surface area contributed by atoms with Gasteiger partial charge < -0.3 is 5.32 Å². The number of nitrogens with one attached hydrogen (secondary N) is 1. The molecule has 0 saturated heterocycles. The Morgan fingerprint density at radius 2 is 2.25 bits per heavy atom. The highest BCUT2D eigenvalue weighted by molar-refractivity contribution is 6.33. The van der Waals surface area contributed by atoms with Crippen LogP contribution >= 0.6 is 11.6 Å². The van der Waals surface area contributed by atoms with Crippen molar-refractivity contribution in [1.29, 1.82) is 0 Å². The maximum atomic E-state index is 12.9. The summed E-state index contributed by atoms with van der Waals surface area (Å²) in [5.74, 6) is -0.424. The van der Waals surface area contributed by atoms with Crippen molar-refractivity contribution >= 4 is 23.4 Å². The molecule has 0 heterocycles. The first-order chi connectivity index (χ1) is 5.70. The third kappa shape index (κ3) is 1.43. The molecule has 0 aliphatic heterocycles. The topological polar surface area (TPSA) is 12.0 Å². The second-order valence-electron chi connectivity index (χ2n) is 2.28. The summed E-state index contributed by atoms with van der Waals surface area (Å²) in [6.45, 7) is 3.59. The molecule has 0 atom stereocenters. The number of hydrogen-bond acceptors (Lipinski definition) is 1. The van der Waals surface area contributed by atoms with E-state index >= 15 is 0 Å². The van der Waals surface area contributed by atoms with Gasteiger partial charge in [0.05, 0.1) is 10.7 Å². The van der Waals surface area contributed by atoms with Crippen molar-refractivity contribution in [1.82, 2.24) is 0 Å². The van der Waals surface area contributed by atoms with Gasteiger partial charge in [0.1, 0.15) is 5.82 Å². The lowest BCUT2D eigenvalue weighted by atomic mass is 10.1. The van der Waals surface area contributed by atoms with Crippen molar-refractivity contribution in [2.75, 3.05) is 12.4 Å². The Morgan fingerprint density at radius 3 is 2.75 bits per heavy atom. The molecule has 0 aliphatic carbocycles. The Bertz CT molecular complexity index is 310. The maximum Gasteiger partial charge on any atom is 0.143 e. The van der Waals surface area contributed by atoms with Gasteiger partial charge in [-0.05, 0) is 17.7 Å². The summed E-state index contributed by atoms with van der Waals surface area (Å²) in [5.41, 5.74) is 1.37. The molecule has 64 valence electrons. The predicted octanol–water partition coefficient (Wildman–Crippen LogP) is 3.16. The summed E-state index contributed by atoms with van der Waals surface area (Å²) in [5, 5.41) is 2.92. The summed E-state index contributed by atoms with van der Waals surface area (Å²) < 4.78 is 12.9. The van der Waals surface area contributed by atoms with Crippen LogP contribution in [-0.4, -0.2) is 7.05 Å². The molecule has 0 aliphatic rings. The van der Waals surface area contributed by atoms with Crippen LogP contribution in [0.1, 0.15) is 5.56 Å². The molecule has 0 amide bonds. The molecule has 0 aromatic heterocycles. The lowest BCUT2D eigenvalue weighted by Crippen LogP contribution is -1.94. The molecule has 1 N–H and O–H groups in total. The van der Waals surface area contributed by atoms with E-state index in [1.54, 1.807) is 19.2 Å². The molecule has 1 aromatic carbocycles. The highest BCUT2D eigenvalue weighted by atomic mass is 35.5. The number of halogens is 2. The minimum Gasteiger partial charge on any atom is -0.386 e. The highest BCUT2D eigenvalue weighted by Gasteiger charge is 2.07. The number of anilines is 1. The van der Waals surface area contributed by atoms with Gasteiger partial charge in [-0.3, -0.25) is 0 Å². The zero-order valence-corrected chi connectivity index (χ0v) is 7.45. The van der Waals surface area contributed by atoms with E-state index in [2.05, 4.69) is 11.9 Å². The Hall–Kier alpha value is -1.02.